The zero-order chi connectivity index (χ0) is 19.4. The molecule has 27 heavy (non-hydrogen) atoms. The van der Waals surface area contributed by atoms with Crippen LogP contribution in [-0.2, 0) is 22.6 Å². The van der Waals surface area contributed by atoms with Crippen molar-refractivity contribution in [1.29, 1.82) is 0 Å². The van der Waals surface area contributed by atoms with Gasteiger partial charge in [0.1, 0.15) is 6.61 Å². The second kappa shape index (κ2) is 7.78. The predicted octanol–water partition coefficient (Wildman–Crippen LogP) is 5.00. The summed E-state index contributed by atoms with van der Waals surface area (Å²) in [5.74, 6) is -0.200. The molecule has 3 aromatic rings. The Morgan fingerprint density at radius 1 is 0.963 bits per heavy atom. The van der Waals surface area contributed by atoms with E-state index in [1.54, 1.807) is 4.57 Å². The maximum Gasteiger partial charge on any atom is 0.306 e. The first-order valence-electron chi connectivity index (χ1n) is 9.19. The number of hydrogen-bond acceptors (Lipinski definition) is 3. The molecule has 4 heteroatoms. The van der Waals surface area contributed by atoms with Gasteiger partial charge in [-0.15, -0.1) is 0 Å². The molecule has 140 valence electrons. The highest BCUT2D eigenvalue weighted by molar-refractivity contribution is 5.96. The Kier molecular flexibility index (Phi) is 5.45. The van der Waals surface area contributed by atoms with E-state index in [0.717, 1.165) is 22.0 Å². The lowest BCUT2D eigenvalue weighted by Crippen LogP contribution is -2.26. The van der Waals surface area contributed by atoms with Crippen LogP contribution < -0.4 is 0 Å². The van der Waals surface area contributed by atoms with Crippen molar-refractivity contribution in [3.63, 3.8) is 0 Å². The molecule has 0 aliphatic carbocycles. The Bertz CT molecular complexity index is 949. The van der Waals surface area contributed by atoms with Crippen LogP contribution >= 0.6 is 0 Å². The van der Waals surface area contributed by atoms with Gasteiger partial charge in [-0.2, -0.15) is 0 Å². The van der Waals surface area contributed by atoms with Gasteiger partial charge in [-0.05, 0) is 23.6 Å². The van der Waals surface area contributed by atoms with E-state index in [0.29, 0.717) is 6.42 Å². The molecular formula is C23H25NO3. The third-order valence-corrected chi connectivity index (χ3v) is 4.50. The lowest BCUT2D eigenvalue weighted by molar-refractivity contribution is -0.144. The molecule has 0 saturated carbocycles. The van der Waals surface area contributed by atoms with Crippen LogP contribution in [0.2, 0.25) is 0 Å². The van der Waals surface area contributed by atoms with Crippen LogP contribution in [0.4, 0.5) is 0 Å². The van der Waals surface area contributed by atoms with Crippen molar-refractivity contribution in [2.24, 2.45) is 5.41 Å². The summed E-state index contributed by atoms with van der Waals surface area (Å²) in [7, 11) is 0. The van der Waals surface area contributed by atoms with Gasteiger partial charge in [0, 0.05) is 23.4 Å². The number of carbonyl (C=O) groups excluding carboxylic acids is 2. The van der Waals surface area contributed by atoms with Crippen LogP contribution in [0.25, 0.3) is 10.9 Å². The fourth-order valence-corrected chi connectivity index (χ4v) is 3.03. The molecule has 0 fully saturated rings. The zero-order valence-corrected chi connectivity index (χ0v) is 16.1. The summed E-state index contributed by atoms with van der Waals surface area (Å²) in [5.41, 5.74) is 2.36. The van der Waals surface area contributed by atoms with E-state index in [4.69, 9.17) is 4.74 Å². The minimum atomic E-state index is -0.478. The maximum atomic E-state index is 12.8. The largest absolute Gasteiger partial charge is 0.461 e. The Morgan fingerprint density at radius 2 is 1.63 bits per heavy atom. The topological polar surface area (TPSA) is 48.3 Å². The van der Waals surface area contributed by atoms with Crippen molar-refractivity contribution in [3.8, 4) is 0 Å². The van der Waals surface area contributed by atoms with Crippen LogP contribution in [-0.4, -0.2) is 16.4 Å². The second-order valence-corrected chi connectivity index (χ2v) is 7.74. The quantitative estimate of drug-likeness (QED) is 0.599. The van der Waals surface area contributed by atoms with E-state index in [2.05, 4.69) is 0 Å². The molecule has 0 aliphatic rings. The lowest BCUT2D eigenvalue weighted by atomic mass is 9.95. The highest BCUT2D eigenvalue weighted by Gasteiger charge is 2.25. The van der Waals surface area contributed by atoms with Crippen LogP contribution in [0, 0.1) is 5.41 Å². The number of para-hydroxylation sites is 1. The number of ether oxygens (including phenoxy) is 1. The first-order chi connectivity index (χ1) is 12.9. The number of esters is 1. The Hall–Kier alpha value is -2.88. The molecular weight excluding hydrogens is 338 g/mol. The van der Waals surface area contributed by atoms with Gasteiger partial charge >= 0.3 is 5.97 Å². The molecule has 1 aromatic heterocycles. The van der Waals surface area contributed by atoms with Gasteiger partial charge in [0.2, 0.25) is 5.91 Å². The third-order valence-electron chi connectivity index (χ3n) is 4.50. The first-order valence-corrected chi connectivity index (χ1v) is 9.19. The summed E-state index contributed by atoms with van der Waals surface area (Å²) in [5, 5.41) is 1.01. The summed E-state index contributed by atoms with van der Waals surface area (Å²) in [4.78, 5) is 24.9. The molecule has 3 rings (SSSR count). The molecule has 0 N–H and O–H groups in total. The second-order valence-electron chi connectivity index (χ2n) is 7.74. The van der Waals surface area contributed by atoms with E-state index in [-0.39, 0.29) is 24.9 Å². The summed E-state index contributed by atoms with van der Waals surface area (Å²) >= 11 is 0. The fraction of sp³-hybridized carbons (Fsp3) is 0.304. The molecule has 0 amide bonds. The van der Waals surface area contributed by atoms with E-state index >= 15 is 0 Å². The third kappa shape index (κ3) is 4.45. The predicted molar refractivity (Wildman–Crippen MR) is 107 cm³/mol. The van der Waals surface area contributed by atoms with Gasteiger partial charge in [0.05, 0.1) is 5.52 Å². The van der Waals surface area contributed by atoms with Gasteiger partial charge in [-0.25, -0.2) is 0 Å². The molecule has 2 aromatic carbocycles. The molecule has 0 aliphatic heterocycles. The van der Waals surface area contributed by atoms with E-state index < -0.39 is 5.41 Å². The van der Waals surface area contributed by atoms with Gasteiger partial charge in [0.25, 0.3) is 0 Å². The molecule has 0 atom stereocenters. The molecule has 4 nitrogen and oxygen atoms in total. The van der Waals surface area contributed by atoms with Crippen molar-refractivity contribution < 1.29 is 14.3 Å². The SMILES string of the molecule is CC(C)(C)C(=O)n1cc(CCC(=O)OCc2ccccc2)c2ccccc21. The minimum Gasteiger partial charge on any atom is -0.461 e. The smallest absolute Gasteiger partial charge is 0.306 e. The normalized spacial score (nSPS) is 11.5. The summed E-state index contributed by atoms with van der Waals surface area (Å²) in [6, 6.07) is 17.4. The monoisotopic (exact) mass is 363 g/mol. The number of nitrogens with zero attached hydrogens (tertiary/aromatic N) is 1. The molecule has 1 heterocycles. The van der Waals surface area contributed by atoms with Gasteiger partial charge in [0.15, 0.2) is 0 Å². The number of hydrogen-bond donors (Lipinski definition) is 0. The maximum absolute atomic E-state index is 12.8. The molecule has 0 bridgehead atoms. The Labute approximate surface area is 159 Å². The van der Waals surface area contributed by atoms with Crippen molar-refractivity contribution in [3.05, 3.63) is 71.9 Å². The van der Waals surface area contributed by atoms with Crippen molar-refractivity contribution >= 4 is 22.8 Å². The fourth-order valence-electron chi connectivity index (χ4n) is 3.03. The molecule has 0 radical (unpaired) electrons. The van der Waals surface area contributed by atoms with Crippen molar-refractivity contribution in [1.82, 2.24) is 4.57 Å². The Morgan fingerprint density at radius 3 is 2.33 bits per heavy atom. The average molecular weight is 363 g/mol. The standard InChI is InChI=1S/C23H25NO3/c1-23(2,3)22(26)24-15-18(19-11-7-8-12-20(19)24)13-14-21(25)27-16-17-9-5-4-6-10-17/h4-12,15H,13-14,16H2,1-3H3. The summed E-state index contributed by atoms with van der Waals surface area (Å²) in [6.45, 7) is 6.00. The first kappa shape index (κ1) is 18.9. The summed E-state index contributed by atoms with van der Waals surface area (Å²) < 4.78 is 7.07. The number of fused-ring (bicyclic) bond motifs is 1. The number of rotatable bonds is 5. The molecule has 0 spiro atoms. The van der Waals surface area contributed by atoms with Crippen molar-refractivity contribution in [2.45, 2.75) is 40.2 Å². The average Bonchev–Trinajstić information content (AvgIpc) is 3.03. The van der Waals surface area contributed by atoms with Crippen LogP contribution in [0.5, 0.6) is 0 Å². The highest BCUT2D eigenvalue weighted by Crippen LogP contribution is 2.26. The lowest BCUT2D eigenvalue weighted by Gasteiger charge is -2.17. The number of aromatic nitrogens is 1. The minimum absolute atomic E-state index is 0.0385. The zero-order valence-electron chi connectivity index (χ0n) is 16.1. The molecule has 0 saturated heterocycles. The number of carbonyl (C=O) groups is 2. The van der Waals surface area contributed by atoms with Crippen molar-refractivity contribution in [2.75, 3.05) is 0 Å². The van der Waals surface area contributed by atoms with Crippen LogP contribution in [0.15, 0.2) is 60.8 Å². The highest BCUT2D eigenvalue weighted by atomic mass is 16.5. The van der Waals surface area contributed by atoms with Gasteiger partial charge in [-0.3, -0.25) is 14.2 Å². The summed E-state index contributed by atoms with van der Waals surface area (Å²) in [6.07, 6.45) is 2.69. The number of aryl methyl sites for hydroxylation is 1. The number of benzene rings is 2. The molecule has 0 unspecified atom stereocenters. The van der Waals surface area contributed by atoms with E-state index in [9.17, 15) is 9.59 Å². The van der Waals surface area contributed by atoms with Gasteiger partial charge < -0.3 is 4.74 Å². The van der Waals surface area contributed by atoms with Crippen LogP contribution in [0.1, 0.15) is 43.1 Å². The van der Waals surface area contributed by atoms with E-state index in [1.165, 1.54) is 0 Å². The van der Waals surface area contributed by atoms with Gasteiger partial charge in [-0.1, -0.05) is 69.3 Å². The van der Waals surface area contributed by atoms with E-state index in [1.807, 2.05) is 81.6 Å². The van der Waals surface area contributed by atoms with Crippen LogP contribution in [0.3, 0.4) is 0 Å². The Balaban J connectivity index is 1.71.